The summed E-state index contributed by atoms with van der Waals surface area (Å²) < 4.78 is 5.25. The zero-order chi connectivity index (χ0) is 12.1. The first kappa shape index (κ1) is 12.6. The van der Waals surface area contributed by atoms with E-state index in [0.717, 1.165) is 11.3 Å². The van der Waals surface area contributed by atoms with Crippen molar-refractivity contribution in [1.82, 2.24) is 4.90 Å². The van der Waals surface area contributed by atoms with Gasteiger partial charge in [-0.2, -0.15) is 0 Å². The summed E-state index contributed by atoms with van der Waals surface area (Å²) in [5.41, 5.74) is 1.03. The lowest BCUT2D eigenvalue weighted by Crippen LogP contribution is -2.30. The topological polar surface area (TPSA) is 29.5 Å². The highest BCUT2D eigenvalue weighted by Gasteiger charge is 2.14. The Bertz CT molecular complexity index is 361. The molecule has 0 radical (unpaired) electrons. The molecule has 0 saturated heterocycles. The van der Waals surface area contributed by atoms with E-state index in [2.05, 4.69) is 0 Å². The molecular formula is C13H19NO2. The van der Waals surface area contributed by atoms with Gasteiger partial charge < -0.3 is 9.64 Å². The SMILES string of the molecule is COc1ccccc1CN(C)C(=O)C(C)C. The summed E-state index contributed by atoms with van der Waals surface area (Å²) in [5, 5.41) is 0. The van der Waals surface area contributed by atoms with Crippen molar-refractivity contribution in [2.24, 2.45) is 5.92 Å². The first-order chi connectivity index (χ1) is 7.56. The molecule has 0 bridgehead atoms. The van der Waals surface area contributed by atoms with Gasteiger partial charge in [0.25, 0.3) is 0 Å². The molecule has 0 fully saturated rings. The van der Waals surface area contributed by atoms with Crippen LogP contribution in [0.4, 0.5) is 0 Å². The summed E-state index contributed by atoms with van der Waals surface area (Å²) >= 11 is 0. The Kier molecular flexibility index (Phi) is 4.35. The van der Waals surface area contributed by atoms with Crippen molar-refractivity contribution in [3.05, 3.63) is 29.8 Å². The van der Waals surface area contributed by atoms with Crippen molar-refractivity contribution in [2.45, 2.75) is 20.4 Å². The molecule has 3 nitrogen and oxygen atoms in total. The van der Waals surface area contributed by atoms with E-state index in [1.165, 1.54) is 0 Å². The molecule has 0 unspecified atom stereocenters. The molecule has 1 aromatic carbocycles. The second-order valence-corrected chi connectivity index (χ2v) is 4.16. The zero-order valence-corrected chi connectivity index (χ0v) is 10.4. The molecule has 0 saturated carbocycles. The van der Waals surface area contributed by atoms with Crippen molar-refractivity contribution in [1.29, 1.82) is 0 Å². The second-order valence-electron chi connectivity index (χ2n) is 4.16. The number of carbonyl (C=O) groups is 1. The Morgan fingerprint density at radius 2 is 2.00 bits per heavy atom. The lowest BCUT2D eigenvalue weighted by Gasteiger charge is -2.20. The van der Waals surface area contributed by atoms with Gasteiger partial charge in [0.15, 0.2) is 0 Å². The average molecular weight is 221 g/mol. The van der Waals surface area contributed by atoms with Crippen molar-refractivity contribution >= 4 is 5.91 Å². The molecule has 0 aliphatic carbocycles. The number of para-hydroxylation sites is 1. The molecule has 0 aromatic heterocycles. The minimum atomic E-state index is 0.0275. The molecular weight excluding hydrogens is 202 g/mol. The number of carbonyl (C=O) groups excluding carboxylic acids is 1. The van der Waals surface area contributed by atoms with E-state index in [9.17, 15) is 4.79 Å². The molecule has 0 heterocycles. The van der Waals surface area contributed by atoms with E-state index in [-0.39, 0.29) is 11.8 Å². The van der Waals surface area contributed by atoms with Gasteiger partial charge in [-0.05, 0) is 6.07 Å². The highest BCUT2D eigenvalue weighted by atomic mass is 16.5. The number of nitrogens with zero attached hydrogens (tertiary/aromatic N) is 1. The highest BCUT2D eigenvalue weighted by Crippen LogP contribution is 2.19. The number of methoxy groups -OCH3 is 1. The molecule has 0 aliphatic rings. The molecule has 3 heteroatoms. The minimum Gasteiger partial charge on any atom is -0.496 e. The predicted molar refractivity (Wildman–Crippen MR) is 64.3 cm³/mol. The largest absolute Gasteiger partial charge is 0.496 e. The smallest absolute Gasteiger partial charge is 0.225 e. The Morgan fingerprint density at radius 1 is 1.38 bits per heavy atom. The van der Waals surface area contributed by atoms with Crippen LogP contribution in [-0.2, 0) is 11.3 Å². The maximum Gasteiger partial charge on any atom is 0.225 e. The van der Waals surface area contributed by atoms with Crippen LogP contribution >= 0.6 is 0 Å². The number of hydrogen-bond acceptors (Lipinski definition) is 2. The third-order valence-electron chi connectivity index (χ3n) is 2.47. The van der Waals surface area contributed by atoms with Crippen LogP contribution < -0.4 is 4.74 Å². The van der Waals surface area contributed by atoms with Gasteiger partial charge >= 0.3 is 0 Å². The predicted octanol–water partition coefficient (Wildman–Crippen LogP) is 2.31. The van der Waals surface area contributed by atoms with Crippen molar-refractivity contribution in [3.63, 3.8) is 0 Å². The van der Waals surface area contributed by atoms with E-state index < -0.39 is 0 Å². The van der Waals surface area contributed by atoms with Crippen LogP contribution in [0.25, 0.3) is 0 Å². The van der Waals surface area contributed by atoms with Crippen LogP contribution in [0.3, 0.4) is 0 Å². The normalized spacial score (nSPS) is 10.3. The van der Waals surface area contributed by atoms with Gasteiger partial charge in [0, 0.05) is 25.1 Å². The Balaban J connectivity index is 2.76. The van der Waals surface area contributed by atoms with Gasteiger partial charge in [-0.3, -0.25) is 4.79 Å². The van der Waals surface area contributed by atoms with Crippen molar-refractivity contribution < 1.29 is 9.53 Å². The van der Waals surface area contributed by atoms with Gasteiger partial charge in [-0.25, -0.2) is 0 Å². The quantitative estimate of drug-likeness (QED) is 0.780. The van der Waals surface area contributed by atoms with E-state index in [0.29, 0.717) is 6.54 Å². The van der Waals surface area contributed by atoms with Crippen LogP contribution in [0.15, 0.2) is 24.3 Å². The van der Waals surface area contributed by atoms with Gasteiger partial charge in [-0.1, -0.05) is 32.0 Å². The van der Waals surface area contributed by atoms with Crippen molar-refractivity contribution in [3.8, 4) is 5.75 Å². The minimum absolute atomic E-state index is 0.0275. The van der Waals surface area contributed by atoms with Gasteiger partial charge in [0.05, 0.1) is 7.11 Å². The van der Waals surface area contributed by atoms with E-state index in [4.69, 9.17) is 4.74 Å². The summed E-state index contributed by atoms with van der Waals surface area (Å²) in [6, 6.07) is 7.75. The van der Waals surface area contributed by atoms with E-state index >= 15 is 0 Å². The Hall–Kier alpha value is -1.51. The number of hydrogen-bond donors (Lipinski definition) is 0. The fraction of sp³-hybridized carbons (Fsp3) is 0.462. The number of amides is 1. The van der Waals surface area contributed by atoms with Gasteiger partial charge in [0.1, 0.15) is 5.75 Å². The molecule has 1 rings (SSSR count). The molecule has 1 amide bonds. The van der Waals surface area contributed by atoms with E-state index in [1.54, 1.807) is 12.0 Å². The molecule has 0 aliphatic heterocycles. The standard InChI is InChI=1S/C13H19NO2/c1-10(2)13(15)14(3)9-11-7-5-6-8-12(11)16-4/h5-8,10H,9H2,1-4H3. The third kappa shape index (κ3) is 2.99. The van der Waals surface area contributed by atoms with Crippen LogP contribution in [-0.4, -0.2) is 25.0 Å². The Morgan fingerprint density at radius 3 is 2.56 bits per heavy atom. The summed E-state index contributed by atoms with van der Waals surface area (Å²) in [6.07, 6.45) is 0. The summed E-state index contributed by atoms with van der Waals surface area (Å²) in [5.74, 6) is 0.997. The van der Waals surface area contributed by atoms with E-state index in [1.807, 2.05) is 45.2 Å². The monoisotopic (exact) mass is 221 g/mol. The molecule has 0 atom stereocenters. The summed E-state index contributed by atoms with van der Waals surface area (Å²) in [7, 11) is 3.46. The fourth-order valence-electron chi connectivity index (χ4n) is 1.61. The maximum absolute atomic E-state index is 11.7. The first-order valence-electron chi connectivity index (χ1n) is 5.43. The lowest BCUT2D eigenvalue weighted by molar-refractivity contribution is -0.133. The summed E-state index contributed by atoms with van der Waals surface area (Å²) in [4.78, 5) is 13.5. The molecule has 16 heavy (non-hydrogen) atoms. The fourth-order valence-corrected chi connectivity index (χ4v) is 1.61. The molecule has 1 aromatic rings. The number of rotatable bonds is 4. The maximum atomic E-state index is 11.7. The molecule has 88 valence electrons. The summed E-state index contributed by atoms with van der Waals surface area (Å²) in [6.45, 7) is 4.39. The molecule has 0 N–H and O–H groups in total. The molecule has 0 spiro atoms. The second kappa shape index (κ2) is 5.54. The average Bonchev–Trinajstić information content (AvgIpc) is 2.28. The van der Waals surface area contributed by atoms with Crippen LogP contribution in [0.2, 0.25) is 0 Å². The zero-order valence-electron chi connectivity index (χ0n) is 10.4. The van der Waals surface area contributed by atoms with Gasteiger partial charge in [0.2, 0.25) is 5.91 Å². The Labute approximate surface area is 97.0 Å². The first-order valence-corrected chi connectivity index (χ1v) is 5.43. The van der Waals surface area contributed by atoms with Crippen LogP contribution in [0.5, 0.6) is 5.75 Å². The van der Waals surface area contributed by atoms with Gasteiger partial charge in [-0.15, -0.1) is 0 Å². The number of ether oxygens (including phenoxy) is 1. The highest BCUT2D eigenvalue weighted by molar-refractivity contribution is 5.77. The lowest BCUT2D eigenvalue weighted by atomic mass is 10.1. The van der Waals surface area contributed by atoms with Crippen molar-refractivity contribution in [2.75, 3.05) is 14.2 Å². The van der Waals surface area contributed by atoms with Crippen LogP contribution in [0.1, 0.15) is 19.4 Å². The van der Waals surface area contributed by atoms with Crippen LogP contribution in [0, 0.1) is 5.92 Å². The number of benzene rings is 1. The third-order valence-corrected chi connectivity index (χ3v) is 2.47.